The van der Waals surface area contributed by atoms with Crippen molar-refractivity contribution in [3.8, 4) is 16.3 Å². The highest BCUT2D eigenvalue weighted by Gasteiger charge is 2.18. The monoisotopic (exact) mass is 314 g/mol. The summed E-state index contributed by atoms with van der Waals surface area (Å²) >= 11 is 11.4. The van der Waals surface area contributed by atoms with Gasteiger partial charge in [-0.25, -0.2) is 4.98 Å². The third-order valence-electron chi connectivity index (χ3n) is 2.40. The maximum absolute atomic E-state index is 11.5. The second-order valence-corrected chi connectivity index (χ2v) is 5.20. The van der Waals surface area contributed by atoms with E-state index < -0.39 is 0 Å². The van der Waals surface area contributed by atoms with E-state index in [1.165, 1.54) is 18.4 Å². The number of hydrogen-bond donors (Lipinski definition) is 2. The lowest BCUT2D eigenvalue weighted by Gasteiger charge is -2.15. The molecule has 1 aromatic carbocycles. The van der Waals surface area contributed by atoms with Gasteiger partial charge in [0.25, 0.3) is 0 Å². The molecule has 7 heteroatoms. The molecule has 19 heavy (non-hydrogen) atoms. The zero-order valence-corrected chi connectivity index (χ0v) is 12.5. The lowest BCUT2D eigenvalue weighted by atomic mass is 10.1. The molecule has 1 aromatic heterocycles. The van der Waals surface area contributed by atoms with Gasteiger partial charge < -0.3 is 10.1 Å². The highest BCUT2D eigenvalue weighted by Crippen LogP contribution is 2.41. The number of benzene rings is 1. The number of halogens is 1. The Morgan fingerprint density at radius 1 is 1.58 bits per heavy atom. The highest BCUT2D eigenvalue weighted by atomic mass is 35.5. The molecule has 1 N–H and O–H groups in total. The molecule has 0 saturated heterocycles. The third-order valence-corrected chi connectivity index (χ3v) is 3.80. The van der Waals surface area contributed by atoms with E-state index >= 15 is 0 Å². The fourth-order valence-electron chi connectivity index (χ4n) is 1.60. The van der Waals surface area contributed by atoms with E-state index in [-0.39, 0.29) is 11.8 Å². The van der Waals surface area contributed by atoms with Crippen LogP contribution in [0.5, 0.6) is 5.75 Å². The number of nitrogens with one attached hydrogen (secondary N) is 1. The number of methoxy groups -OCH3 is 1. The number of hydrogen-bond acceptors (Lipinski definition) is 5. The normalized spacial score (nSPS) is 10.3. The minimum Gasteiger partial charge on any atom is -0.495 e. The average molecular weight is 315 g/mol. The van der Waals surface area contributed by atoms with Crippen molar-refractivity contribution in [1.29, 1.82) is 0 Å². The Kier molecular flexibility index (Phi) is 4.68. The van der Waals surface area contributed by atoms with Crippen molar-refractivity contribution < 1.29 is 9.53 Å². The fraction of sp³-hybridized carbons (Fsp3) is 0.167. The quantitative estimate of drug-likeness (QED) is 0.672. The van der Waals surface area contributed by atoms with Crippen LogP contribution in [0, 0.1) is 0 Å². The lowest BCUT2D eigenvalue weighted by Crippen LogP contribution is -2.14. The molecule has 4 nitrogen and oxygen atoms in total. The summed E-state index contributed by atoms with van der Waals surface area (Å²) in [5.74, 6) is 0.107. The van der Waals surface area contributed by atoms with Gasteiger partial charge >= 0.3 is 0 Å². The molecule has 0 spiro atoms. The standard InChI is InChI=1S/C12H11ClN2O2S2/c1-17-7-2-3-8(18)10(12-14-4-5-19-12)11(7)15-9(16)6-13/h2-5,18H,6H2,1H3,(H,15,16). The van der Waals surface area contributed by atoms with E-state index in [2.05, 4.69) is 22.9 Å². The van der Waals surface area contributed by atoms with Crippen LogP contribution in [0.25, 0.3) is 10.6 Å². The largest absolute Gasteiger partial charge is 0.495 e. The molecule has 100 valence electrons. The van der Waals surface area contributed by atoms with Crippen LogP contribution in [-0.4, -0.2) is 23.9 Å². The van der Waals surface area contributed by atoms with Crippen LogP contribution in [0.3, 0.4) is 0 Å². The number of rotatable bonds is 4. The summed E-state index contributed by atoms with van der Waals surface area (Å²) in [5, 5.41) is 5.35. The van der Waals surface area contributed by atoms with Crippen molar-refractivity contribution in [2.45, 2.75) is 4.90 Å². The van der Waals surface area contributed by atoms with Crippen LogP contribution in [0.2, 0.25) is 0 Å². The van der Waals surface area contributed by atoms with Crippen molar-refractivity contribution in [3.63, 3.8) is 0 Å². The molecular formula is C12H11ClN2O2S2. The maximum atomic E-state index is 11.5. The van der Waals surface area contributed by atoms with Gasteiger partial charge in [-0.1, -0.05) is 0 Å². The van der Waals surface area contributed by atoms with Crippen LogP contribution >= 0.6 is 35.6 Å². The van der Waals surface area contributed by atoms with Gasteiger partial charge in [-0.2, -0.15) is 0 Å². The molecule has 0 radical (unpaired) electrons. The Hall–Kier alpha value is -1.24. The van der Waals surface area contributed by atoms with E-state index in [0.29, 0.717) is 16.3 Å². The summed E-state index contributed by atoms with van der Waals surface area (Å²) in [5.41, 5.74) is 1.27. The summed E-state index contributed by atoms with van der Waals surface area (Å²) < 4.78 is 5.27. The van der Waals surface area contributed by atoms with E-state index in [9.17, 15) is 4.79 Å². The molecule has 1 amide bonds. The summed E-state index contributed by atoms with van der Waals surface area (Å²) in [6.45, 7) is 0. The van der Waals surface area contributed by atoms with E-state index in [4.69, 9.17) is 16.3 Å². The van der Waals surface area contributed by atoms with E-state index in [1.807, 2.05) is 5.38 Å². The molecule has 0 unspecified atom stereocenters. The topological polar surface area (TPSA) is 51.2 Å². The van der Waals surface area contributed by atoms with Crippen molar-refractivity contribution in [2.24, 2.45) is 0 Å². The predicted molar refractivity (Wildman–Crippen MR) is 80.7 cm³/mol. The van der Waals surface area contributed by atoms with Crippen LogP contribution < -0.4 is 10.1 Å². The van der Waals surface area contributed by atoms with Crippen LogP contribution in [0.4, 0.5) is 5.69 Å². The zero-order chi connectivity index (χ0) is 13.8. The Morgan fingerprint density at radius 2 is 2.37 bits per heavy atom. The predicted octanol–water partition coefficient (Wildman–Crippen LogP) is 3.28. The average Bonchev–Trinajstić information content (AvgIpc) is 2.92. The van der Waals surface area contributed by atoms with E-state index in [0.717, 1.165) is 10.6 Å². The minimum absolute atomic E-state index is 0.128. The summed E-state index contributed by atoms with van der Waals surface area (Å²) in [6.07, 6.45) is 1.69. The van der Waals surface area contributed by atoms with Gasteiger partial charge in [0.2, 0.25) is 5.91 Å². The SMILES string of the molecule is COc1ccc(S)c(-c2nccs2)c1NC(=O)CCl. The van der Waals surface area contributed by atoms with Gasteiger partial charge in [0.1, 0.15) is 16.6 Å². The molecule has 2 rings (SSSR count). The first-order valence-electron chi connectivity index (χ1n) is 5.33. The number of amides is 1. The molecule has 0 atom stereocenters. The second-order valence-electron chi connectivity index (χ2n) is 3.56. The number of ether oxygens (including phenoxy) is 1. The Morgan fingerprint density at radius 3 is 2.95 bits per heavy atom. The third kappa shape index (κ3) is 3.02. The molecule has 0 aliphatic rings. The van der Waals surface area contributed by atoms with Crippen LogP contribution in [0.1, 0.15) is 0 Å². The smallest absolute Gasteiger partial charge is 0.239 e. The maximum Gasteiger partial charge on any atom is 0.239 e. The number of alkyl halides is 1. The molecule has 0 saturated carbocycles. The van der Waals surface area contributed by atoms with Gasteiger partial charge in [0.15, 0.2) is 0 Å². The Balaban J connectivity index is 2.59. The first-order chi connectivity index (χ1) is 9.17. The van der Waals surface area contributed by atoms with Gasteiger partial charge in [0, 0.05) is 16.5 Å². The van der Waals surface area contributed by atoms with Crippen molar-refractivity contribution >= 4 is 47.2 Å². The molecule has 0 aliphatic carbocycles. The summed E-state index contributed by atoms with van der Waals surface area (Å²) in [4.78, 5) is 16.5. The van der Waals surface area contributed by atoms with Crippen molar-refractivity contribution in [3.05, 3.63) is 23.7 Å². The molecule has 0 fully saturated rings. The second kappa shape index (κ2) is 6.27. The number of anilines is 1. The summed E-state index contributed by atoms with van der Waals surface area (Å²) in [7, 11) is 1.54. The number of carbonyl (C=O) groups excluding carboxylic acids is 1. The van der Waals surface area contributed by atoms with Gasteiger partial charge in [-0.3, -0.25) is 4.79 Å². The van der Waals surface area contributed by atoms with Crippen molar-refractivity contribution in [1.82, 2.24) is 4.98 Å². The van der Waals surface area contributed by atoms with Crippen LogP contribution in [-0.2, 0) is 4.79 Å². The molecular weight excluding hydrogens is 304 g/mol. The zero-order valence-electron chi connectivity index (χ0n) is 10.0. The number of aromatic nitrogens is 1. The number of nitrogens with zero attached hydrogens (tertiary/aromatic N) is 1. The number of thiol groups is 1. The Bertz CT molecular complexity index is 588. The van der Waals surface area contributed by atoms with E-state index in [1.54, 1.807) is 18.3 Å². The van der Waals surface area contributed by atoms with Gasteiger partial charge in [-0.15, -0.1) is 35.6 Å². The fourth-order valence-corrected chi connectivity index (χ4v) is 2.74. The summed E-state index contributed by atoms with van der Waals surface area (Å²) in [6, 6.07) is 3.54. The number of carbonyl (C=O) groups is 1. The van der Waals surface area contributed by atoms with Crippen LogP contribution in [0.15, 0.2) is 28.6 Å². The number of thiazole rings is 1. The lowest BCUT2D eigenvalue weighted by molar-refractivity contribution is -0.113. The van der Waals surface area contributed by atoms with Crippen molar-refractivity contribution in [2.75, 3.05) is 18.3 Å². The highest BCUT2D eigenvalue weighted by molar-refractivity contribution is 7.80. The van der Waals surface area contributed by atoms with Gasteiger partial charge in [0.05, 0.1) is 18.4 Å². The van der Waals surface area contributed by atoms with Gasteiger partial charge in [-0.05, 0) is 12.1 Å². The first kappa shape index (κ1) is 14.2. The molecule has 1 heterocycles. The minimum atomic E-state index is -0.309. The molecule has 0 bridgehead atoms. The first-order valence-corrected chi connectivity index (χ1v) is 7.19. The molecule has 0 aliphatic heterocycles. The molecule has 2 aromatic rings. The Labute approximate surface area is 125 Å².